The average molecular weight is 199 g/mol. The Bertz CT molecular complexity index is 284. The Hall–Kier alpha value is -0.600. The second kappa shape index (κ2) is 4.07. The van der Waals surface area contributed by atoms with E-state index in [1.807, 2.05) is 13.1 Å². The molecule has 0 saturated carbocycles. The fraction of sp³-hybridized carbons (Fsp3) is 0.500. The maximum absolute atomic E-state index is 6.00. The number of pyridine rings is 1. The molecule has 1 aromatic rings. The lowest BCUT2D eigenvalue weighted by molar-refractivity contribution is 0.422. The van der Waals surface area contributed by atoms with Gasteiger partial charge in [0.15, 0.2) is 0 Å². The van der Waals surface area contributed by atoms with Crippen LogP contribution in [-0.2, 0) is 6.42 Å². The Morgan fingerprint density at radius 2 is 2.23 bits per heavy atom. The summed E-state index contributed by atoms with van der Waals surface area (Å²) in [6, 6.07) is 1.96. The molecule has 1 rings (SSSR count). The van der Waals surface area contributed by atoms with Crippen LogP contribution in [0.5, 0.6) is 0 Å². The van der Waals surface area contributed by atoms with E-state index in [-0.39, 0.29) is 5.54 Å². The van der Waals surface area contributed by atoms with Gasteiger partial charge in [0.05, 0.1) is 5.02 Å². The molecule has 0 aliphatic rings. The van der Waals surface area contributed by atoms with Crippen LogP contribution in [0.15, 0.2) is 18.5 Å². The number of rotatable bonds is 3. The van der Waals surface area contributed by atoms with Crippen LogP contribution in [0.3, 0.4) is 0 Å². The van der Waals surface area contributed by atoms with Crippen molar-refractivity contribution in [1.82, 2.24) is 10.3 Å². The van der Waals surface area contributed by atoms with Gasteiger partial charge in [-0.05, 0) is 38.9 Å². The fourth-order valence-corrected chi connectivity index (χ4v) is 1.30. The van der Waals surface area contributed by atoms with Gasteiger partial charge < -0.3 is 5.32 Å². The van der Waals surface area contributed by atoms with Crippen LogP contribution >= 0.6 is 11.6 Å². The molecule has 1 N–H and O–H groups in total. The van der Waals surface area contributed by atoms with E-state index < -0.39 is 0 Å². The molecule has 0 radical (unpaired) electrons. The standard InChI is InChI=1S/C10H15ClN2/c1-10(2,12-3)6-8-4-5-13-7-9(8)11/h4-5,7,12H,6H2,1-3H3. The zero-order valence-electron chi connectivity index (χ0n) is 8.26. The number of nitrogens with one attached hydrogen (secondary N) is 1. The molecule has 0 saturated heterocycles. The van der Waals surface area contributed by atoms with Crippen LogP contribution in [0.4, 0.5) is 0 Å². The van der Waals surface area contributed by atoms with E-state index in [9.17, 15) is 0 Å². The minimum Gasteiger partial charge on any atom is -0.314 e. The summed E-state index contributed by atoms with van der Waals surface area (Å²) in [4.78, 5) is 3.95. The van der Waals surface area contributed by atoms with Crippen LogP contribution in [0.2, 0.25) is 5.02 Å². The van der Waals surface area contributed by atoms with Crippen molar-refractivity contribution in [3.63, 3.8) is 0 Å². The van der Waals surface area contributed by atoms with Crippen LogP contribution in [-0.4, -0.2) is 17.6 Å². The Labute approximate surface area is 84.3 Å². The zero-order chi connectivity index (χ0) is 9.90. The lowest BCUT2D eigenvalue weighted by Crippen LogP contribution is -2.38. The first kappa shape index (κ1) is 10.5. The van der Waals surface area contributed by atoms with Crippen LogP contribution in [0, 0.1) is 0 Å². The first-order valence-corrected chi connectivity index (χ1v) is 4.70. The minimum absolute atomic E-state index is 0.0744. The number of halogens is 1. The maximum Gasteiger partial charge on any atom is 0.0621 e. The Balaban J connectivity index is 2.80. The maximum atomic E-state index is 6.00. The monoisotopic (exact) mass is 198 g/mol. The molecule has 0 aliphatic carbocycles. The lowest BCUT2D eigenvalue weighted by atomic mass is 9.96. The molecular formula is C10H15ClN2. The van der Waals surface area contributed by atoms with Crippen molar-refractivity contribution >= 4 is 11.6 Å². The minimum atomic E-state index is 0.0744. The smallest absolute Gasteiger partial charge is 0.0621 e. The molecule has 2 nitrogen and oxygen atoms in total. The summed E-state index contributed by atoms with van der Waals surface area (Å²) in [6.07, 6.45) is 4.36. The molecule has 0 bridgehead atoms. The SMILES string of the molecule is CNC(C)(C)Cc1ccncc1Cl. The van der Waals surface area contributed by atoms with Gasteiger partial charge in [-0.2, -0.15) is 0 Å². The van der Waals surface area contributed by atoms with Gasteiger partial charge in [-0.25, -0.2) is 0 Å². The third-order valence-electron chi connectivity index (χ3n) is 2.17. The van der Waals surface area contributed by atoms with Gasteiger partial charge in [0.1, 0.15) is 0 Å². The van der Waals surface area contributed by atoms with Crippen molar-refractivity contribution in [2.45, 2.75) is 25.8 Å². The second-order valence-corrected chi connectivity index (χ2v) is 4.18. The molecule has 0 unspecified atom stereocenters. The third kappa shape index (κ3) is 2.98. The van der Waals surface area contributed by atoms with Crippen LogP contribution < -0.4 is 5.32 Å². The number of aromatic nitrogens is 1. The van der Waals surface area contributed by atoms with Crippen molar-refractivity contribution in [3.8, 4) is 0 Å². The molecule has 1 heterocycles. The molecule has 0 fully saturated rings. The Kier molecular flexibility index (Phi) is 3.28. The second-order valence-electron chi connectivity index (χ2n) is 3.78. The van der Waals surface area contributed by atoms with E-state index >= 15 is 0 Å². The predicted octanol–water partition coefficient (Wildman–Crippen LogP) is 2.28. The van der Waals surface area contributed by atoms with Crippen molar-refractivity contribution < 1.29 is 0 Å². The fourth-order valence-electron chi connectivity index (χ4n) is 1.11. The molecule has 0 atom stereocenters. The molecule has 1 aromatic heterocycles. The van der Waals surface area contributed by atoms with Gasteiger partial charge in [0.25, 0.3) is 0 Å². The van der Waals surface area contributed by atoms with E-state index in [1.165, 1.54) is 0 Å². The molecule has 0 spiro atoms. The summed E-state index contributed by atoms with van der Waals surface area (Å²) in [5.41, 5.74) is 1.21. The molecular weight excluding hydrogens is 184 g/mol. The highest BCUT2D eigenvalue weighted by atomic mass is 35.5. The van der Waals surface area contributed by atoms with Crippen molar-refractivity contribution in [1.29, 1.82) is 0 Å². The first-order chi connectivity index (χ1) is 6.05. The van der Waals surface area contributed by atoms with Gasteiger partial charge in [0.2, 0.25) is 0 Å². The molecule has 0 amide bonds. The number of nitrogens with zero attached hydrogens (tertiary/aromatic N) is 1. The molecule has 72 valence electrons. The predicted molar refractivity (Wildman–Crippen MR) is 56.1 cm³/mol. The third-order valence-corrected chi connectivity index (χ3v) is 2.51. The highest BCUT2D eigenvalue weighted by molar-refractivity contribution is 6.31. The Morgan fingerprint density at radius 3 is 2.77 bits per heavy atom. The summed E-state index contributed by atoms with van der Waals surface area (Å²) in [5.74, 6) is 0. The molecule has 3 heteroatoms. The largest absolute Gasteiger partial charge is 0.314 e. The number of hydrogen-bond acceptors (Lipinski definition) is 2. The summed E-state index contributed by atoms with van der Waals surface area (Å²) >= 11 is 6.00. The quantitative estimate of drug-likeness (QED) is 0.806. The molecule has 0 aromatic carbocycles. The van der Waals surface area contributed by atoms with Gasteiger partial charge in [-0.3, -0.25) is 4.98 Å². The van der Waals surface area contributed by atoms with E-state index in [2.05, 4.69) is 24.1 Å². The van der Waals surface area contributed by atoms with Crippen LogP contribution in [0.25, 0.3) is 0 Å². The average Bonchev–Trinajstić information content (AvgIpc) is 2.09. The van der Waals surface area contributed by atoms with Gasteiger partial charge in [-0.15, -0.1) is 0 Å². The summed E-state index contributed by atoms with van der Waals surface area (Å²) in [5, 5.41) is 3.98. The van der Waals surface area contributed by atoms with Gasteiger partial charge >= 0.3 is 0 Å². The highest BCUT2D eigenvalue weighted by Crippen LogP contribution is 2.19. The van der Waals surface area contributed by atoms with Gasteiger partial charge in [0, 0.05) is 17.9 Å². The van der Waals surface area contributed by atoms with Crippen molar-refractivity contribution in [2.24, 2.45) is 0 Å². The van der Waals surface area contributed by atoms with E-state index in [1.54, 1.807) is 12.4 Å². The highest BCUT2D eigenvalue weighted by Gasteiger charge is 2.16. The van der Waals surface area contributed by atoms with Crippen molar-refractivity contribution in [2.75, 3.05) is 7.05 Å². The lowest BCUT2D eigenvalue weighted by Gasteiger charge is -2.24. The number of hydrogen-bond donors (Lipinski definition) is 1. The Morgan fingerprint density at radius 1 is 1.54 bits per heavy atom. The number of likely N-dealkylation sites (N-methyl/N-ethyl adjacent to an activating group) is 1. The molecule has 13 heavy (non-hydrogen) atoms. The summed E-state index contributed by atoms with van der Waals surface area (Å²) < 4.78 is 0. The zero-order valence-corrected chi connectivity index (χ0v) is 9.02. The van der Waals surface area contributed by atoms with E-state index in [4.69, 9.17) is 11.6 Å². The first-order valence-electron chi connectivity index (χ1n) is 4.32. The topological polar surface area (TPSA) is 24.9 Å². The summed E-state index contributed by atoms with van der Waals surface area (Å²) in [6.45, 7) is 4.29. The van der Waals surface area contributed by atoms with Crippen molar-refractivity contribution in [3.05, 3.63) is 29.0 Å². The summed E-state index contributed by atoms with van der Waals surface area (Å²) in [7, 11) is 1.95. The van der Waals surface area contributed by atoms with Crippen LogP contribution in [0.1, 0.15) is 19.4 Å². The van der Waals surface area contributed by atoms with Gasteiger partial charge in [-0.1, -0.05) is 11.6 Å². The van der Waals surface area contributed by atoms with E-state index in [0.29, 0.717) is 0 Å². The molecule has 0 aliphatic heterocycles. The van der Waals surface area contributed by atoms with E-state index in [0.717, 1.165) is 17.0 Å². The normalized spacial score (nSPS) is 11.7.